The Morgan fingerprint density at radius 2 is 2.08 bits per heavy atom. The van der Waals surface area contributed by atoms with Gasteiger partial charge < -0.3 is 10.6 Å². The van der Waals surface area contributed by atoms with E-state index in [1.807, 2.05) is 0 Å². The minimum absolute atomic E-state index is 0.143. The van der Waals surface area contributed by atoms with Crippen molar-refractivity contribution in [2.45, 2.75) is 38.8 Å². The number of nitrogens with zero attached hydrogens (tertiary/aromatic N) is 2. The Morgan fingerprint density at radius 3 is 2.72 bits per heavy atom. The highest BCUT2D eigenvalue weighted by Gasteiger charge is 2.29. The van der Waals surface area contributed by atoms with Crippen LogP contribution in [0.1, 0.15) is 26.7 Å². The average Bonchev–Trinajstić information content (AvgIpc) is 3.13. The number of amides is 2. The Hall–Kier alpha value is -1.80. The maximum atomic E-state index is 12.2. The van der Waals surface area contributed by atoms with E-state index in [4.69, 9.17) is 0 Å². The van der Waals surface area contributed by atoms with E-state index >= 15 is 0 Å². The van der Waals surface area contributed by atoms with Gasteiger partial charge in [-0.05, 0) is 44.9 Å². The van der Waals surface area contributed by atoms with Crippen molar-refractivity contribution in [3.8, 4) is 0 Å². The molecule has 3 rings (SSSR count). The zero-order valence-corrected chi connectivity index (χ0v) is 15.6. The monoisotopic (exact) mass is 366 g/mol. The van der Waals surface area contributed by atoms with E-state index in [1.54, 1.807) is 24.3 Å². The second kappa shape index (κ2) is 7.21. The summed E-state index contributed by atoms with van der Waals surface area (Å²) >= 11 is 0. The van der Waals surface area contributed by atoms with Crippen LogP contribution in [-0.4, -0.2) is 56.8 Å². The summed E-state index contributed by atoms with van der Waals surface area (Å²) in [5.74, 6) is 0.180. The SMILES string of the molecule is CC(C)N1CCC(NC(=O)Nc2cccc(N3CCCS3(=O)=O)c2)C1. The first-order chi connectivity index (χ1) is 11.8. The first-order valence-electron chi connectivity index (χ1n) is 8.77. The number of nitrogens with one attached hydrogen (secondary N) is 2. The van der Waals surface area contributed by atoms with Crippen molar-refractivity contribution in [3.63, 3.8) is 0 Å². The van der Waals surface area contributed by atoms with Gasteiger partial charge in [0.2, 0.25) is 10.0 Å². The molecule has 138 valence electrons. The number of rotatable bonds is 4. The van der Waals surface area contributed by atoms with Gasteiger partial charge in [-0.2, -0.15) is 0 Å². The second-order valence-corrected chi connectivity index (χ2v) is 8.98. The number of sulfonamides is 1. The molecule has 0 aliphatic carbocycles. The molecule has 0 saturated carbocycles. The number of hydrogen-bond donors (Lipinski definition) is 2. The van der Waals surface area contributed by atoms with Gasteiger partial charge in [-0.15, -0.1) is 0 Å². The van der Waals surface area contributed by atoms with Crippen LogP contribution in [0.5, 0.6) is 0 Å². The Kier molecular flexibility index (Phi) is 5.19. The largest absolute Gasteiger partial charge is 0.334 e. The van der Waals surface area contributed by atoms with Crippen LogP contribution in [-0.2, 0) is 10.0 Å². The van der Waals surface area contributed by atoms with E-state index in [-0.39, 0.29) is 17.8 Å². The molecule has 7 nitrogen and oxygen atoms in total. The molecule has 1 aromatic carbocycles. The van der Waals surface area contributed by atoms with Gasteiger partial charge in [-0.1, -0.05) is 6.07 Å². The van der Waals surface area contributed by atoms with E-state index in [0.717, 1.165) is 19.5 Å². The van der Waals surface area contributed by atoms with Crippen molar-refractivity contribution in [2.24, 2.45) is 0 Å². The number of carbonyl (C=O) groups excluding carboxylic acids is 1. The maximum Gasteiger partial charge on any atom is 0.319 e. The summed E-state index contributed by atoms with van der Waals surface area (Å²) in [6.45, 7) is 6.65. The van der Waals surface area contributed by atoms with E-state index in [0.29, 0.717) is 30.4 Å². The molecule has 1 atom stereocenters. The van der Waals surface area contributed by atoms with E-state index in [1.165, 1.54) is 4.31 Å². The number of urea groups is 1. The quantitative estimate of drug-likeness (QED) is 0.852. The highest BCUT2D eigenvalue weighted by atomic mass is 32.2. The van der Waals surface area contributed by atoms with E-state index < -0.39 is 10.0 Å². The van der Waals surface area contributed by atoms with Gasteiger partial charge in [-0.3, -0.25) is 9.21 Å². The third-order valence-corrected chi connectivity index (χ3v) is 6.65. The summed E-state index contributed by atoms with van der Waals surface area (Å²) in [6.07, 6.45) is 1.58. The summed E-state index contributed by atoms with van der Waals surface area (Å²) in [6, 6.07) is 7.35. The van der Waals surface area contributed by atoms with Gasteiger partial charge in [0.15, 0.2) is 0 Å². The summed E-state index contributed by atoms with van der Waals surface area (Å²) in [5, 5.41) is 5.81. The molecule has 2 saturated heterocycles. The molecular formula is C17H26N4O3S. The van der Waals surface area contributed by atoms with Gasteiger partial charge in [0.25, 0.3) is 0 Å². The van der Waals surface area contributed by atoms with Gasteiger partial charge in [0.1, 0.15) is 0 Å². The minimum atomic E-state index is -3.22. The number of likely N-dealkylation sites (tertiary alicyclic amines) is 1. The predicted molar refractivity (Wildman–Crippen MR) is 99.5 cm³/mol. The van der Waals surface area contributed by atoms with Crippen molar-refractivity contribution in [1.29, 1.82) is 0 Å². The third-order valence-electron chi connectivity index (χ3n) is 4.78. The third kappa shape index (κ3) is 4.24. The fourth-order valence-electron chi connectivity index (χ4n) is 3.40. The molecule has 2 amide bonds. The first-order valence-corrected chi connectivity index (χ1v) is 10.4. The van der Waals surface area contributed by atoms with Crippen molar-refractivity contribution < 1.29 is 13.2 Å². The average molecular weight is 366 g/mol. The predicted octanol–water partition coefficient (Wildman–Crippen LogP) is 1.83. The molecule has 0 bridgehead atoms. The van der Waals surface area contributed by atoms with Crippen molar-refractivity contribution in [1.82, 2.24) is 10.2 Å². The molecule has 8 heteroatoms. The summed E-state index contributed by atoms with van der Waals surface area (Å²) in [4.78, 5) is 14.6. The summed E-state index contributed by atoms with van der Waals surface area (Å²) in [7, 11) is -3.22. The van der Waals surface area contributed by atoms with Crippen LogP contribution in [0.15, 0.2) is 24.3 Å². The standard InChI is InChI=1S/C17H26N4O3S/c1-13(2)20-9-7-15(12-20)19-17(22)18-14-5-3-6-16(11-14)21-8-4-10-25(21,23)24/h3,5-6,11,13,15H,4,7-10,12H2,1-2H3,(H2,18,19,22). The van der Waals surface area contributed by atoms with Gasteiger partial charge in [0, 0.05) is 37.4 Å². The van der Waals surface area contributed by atoms with Crippen molar-refractivity contribution in [3.05, 3.63) is 24.3 Å². The van der Waals surface area contributed by atoms with Crippen LogP contribution in [0.3, 0.4) is 0 Å². The molecule has 1 aromatic rings. The lowest BCUT2D eigenvalue weighted by Gasteiger charge is -2.21. The van der Waals surface area contributed by atoms with Crippen LogP contribution < -0.4 is 14.9 Å². The Bertz CT molecular complexity index is 735. The molecule has 0 spiro atoms. The number of anilines is 2. The number of benzene rings is 1. The molecule has 2 aliphatic heterocycles. The molecule has 2 aliphatic rings. The van der Waals surface area contributed by atoms with Crippen LogP contribution >= 0.6 is 0 Å². The van der Waals surface area contributed by atoms with Crippen molar-refractivity contribution in [2.75, 3.05) is 35.0 Å². The molecule has 2 fully saturated rings. The fraction of sp³-hybridized carbons (Fsp3) is 0.588. The zero-order chi connectivity index (χ0) is 18.0. The van der Waals surface area contributed by atoms with Gasteiger partial charge in [0.05, 0.1) is 11.4 Å². The molecule has 0 aromatic heterocycles. The van der Waals surface area contributed by atoms with Crippen LogP contribution in [0, 0.1) is 0 Å². The van der Waals surface area contributed by atoms with Gasteiger partial charge >= 0.3 is 6.03 Å². The maximum absolute atomic E-state index is 12.2. The topological polar surface area (TPSA) is 81.8 Å². The molecule has 0 radical (unpaired) electrons. The Morgan fingerprint density at radius 1 is 1.28 bits per heavy atom. The van der Waals surface area contributed by atoms with E-state index in [9.17, 15) is 13.2 Å². The molecule has 2 heterocycles. The lowest BCUT2D eigenvalue weighted by atomic mass is 10.2. The highest BCUT2D eigenvalue weighted by molar-refractivity contribution is 7.93. The number of carbonyl (C=O) groups is 1. The summed E-state index contributed by atoms with van der Waals surface area (Å²) in [5.41, 5.74) is 1.19. The van der Waals surface area contributed by atoms with E-state index in [2.05, 4.69) is 29.4 Å². The number of hydrogen-bond acceptors (Lipinski definition) is 4. The van der Waals surface area contributed by atoms with Crippen LogP contribution in [0.2, 0.25) is 0 Å². The fourth-order valence-corrected chi connectivity index (χ4v) is 4.95. The lowest BCUT2D eigenvalue weighted by Crippen LogP contribution is -2.40. The zero-order valence-electron chi connectivity index (χ0n) is 14.7. The molecular weight excluding hydrogens is 340 g/mol. The Balaban J connectivity index is 1.60. The van der Waals surface area contributed by atoms with Crippen LogP contribution in [0.4, 0.5) is 16.2 Å². The van der Waals surface area contributed by atoms with Gasteiger partial charge in [-0.25, -0.2) is 13.2 Å². The van der Waals surface area contributed by atoms with Crippen molar-refractivity contribution >= 4 is 27.4 Å². The highest BCUT2D eigenvalue weighted by Crippen LogP contribution is 2.26. The molecule has 25 heavy (non-hydrogen) atoms. The normalized spacial score (nSPS) is 23.2. The smallest absolute Gasteiger partial charge is 0.319 e. The van der Waals surface area contributed by atoms with Crippen LogP contribution in [0.25, 0.3) is 0 Å². The second-order valence-electron chi connectivity index (χ2n) is 6.96. The molecule has 2 N–H and O–H groups in total. The lowest BCUT2D eigenvalue weighted by molar-refractivity contribution is 0.244. The molecule has 1 unspecified atom stereocenters. The summed E-state index contributed by atoms with van der Waals surface area (Å²) < 4.78 is 25.5. The Labute approximate surface area is 149 Å². The first kappa shape index (κ1) is 18.0. The minimum Gasteiger partial charge on any atom is -0.334 e.